The third-order valence-electron chi connectivity index (χ3n) is 3.12. The first-order valence-corrected chi connectivity index (χ1v) is 6.72. The normalized spacial score (nSPS) is 12.4. The average molecular weight is 277 g/mol. The van der Waals surface area contributed by atoms with Gasteiger partial charge in [0.25, 0.3) is 0 Å². The van der Waals surface area contributed by atoms with Gasteiger partial charge in [0.15, 0.2) is 0 Å². The van der Waals surface area contributed by atoms with Crippen LogP contribution in [0.1, 0.15) is 36.8 Å². The molecule has 2 aromatic rings. The number of ether oxygens (including phenoxy) is 1. The number of benzene rings is 1. The van der Waals surface area contributed by atoms with Crippen molar-refractivity contribution in [1.29, 1.82) is 0 Å². The number of halogens is 1. The Morgan fingerprint density at radius 3 is 2.80 bits per heavy atom. The van der Waals surface area contributed by atoms with E-state index in [1.165, 1.54) is 12.1 Å². The first kappa shape index (κ1) is 14.5. The number of nitrogens with two attached hydrogens (primary N) is 1. The summed E-state index contributed by atoms with van der Waals surface area (Å²) in [6.45, 7) is 6.96. The minimum Gasteiger partial charge on any atom is -0.487 e. The molecule has 2 N–H and O–H groups in total. The van der Waals surface area contributed by atoms with E-state index in [2.05, 4.69) is 5.10 Å². The standard InChI is InChI=1S/C15H20FN3O/c1-4-19-13(7-10(2)18-19)9-20-15-6-5-12(16)8-14(15)11(3)17/h5-8,11H,4,9,17H2,1-3H3/t11-/m0/s1. The fourth-order valence-electron chi connectivity index (χ4n) is 2.15. The highest BCUT2D eigenvalue weighted by Gasteiger charge is 2.11. The highest BCUT2D eigenvalue weighted by Crippen LogP contribution is 2.25. The zero-order valence-electron chi connectivity index (χ0n) is 12.1. The monoisotopic (exact) mass is 277 g/mol. The summed E-state index contributed by atoms with van der Waals surface area (Å²) in [6, 6.07) is 6.12. The topological polar surface area (TPSA) is 53.1 Å². The lowest BCUT2D eigenvalue weighted by molar-refractivity contribution is 0.287. The van der Waals surface area contributed by atoms with Gasteiger partial charge in [-0.25, -0.2) is 4.39 Å². The smallest absolute Gasteiger partial charge is 0.130 e. The van der Waals surface area contributed by atoms with Gasteiger partial charge in [0.1, 0.15) is 18.2 Å². The van der Waals surface area contributed by atoms with E-state index in [0.717, 1.165) is 17.9 Å². The molecule has 0 unspecified atom stereocenters. The Hall–Kier alpha value is -1.88. The Morgan fingerprint density at radius 1 is 1.40 bits per heavy atom. The molecule has 0 spiro atoms. The molecule has 0 amide bonds. The molecule has 1 aromatic carbocycles. The van der Waals surface area contributed by atoms with Crippen molar-refractivity contribution in [3.8, 4) is 5.75 Å². The van der Waals surface area contributed by atoms with Crippen molar-refractivity contribution in [3.05, 3.63) is 47.0 Å². The Labute approximate surface area is 118 Å². The van der Waals surface area contributed by atoms with E-state index < -0.39 is 0 Å². The summed E-state index contributed by atoms with van der Waals surface area (Å²) in [6.07, 6.45) is 0. The van der Waals surface area contributed by atoms with E-state index in [4.69, 9.17) is 10.5 Å². The molecule has 0 aliphatic carbocycles. The van der Waals surface area contributed by atoms with Crippen LogP contribution in [0.3, 0.4) is 0 Å². The second kappa shape index (κ2) is 6.05. The van der Waals surface area contributed by atoms with Crippen LogP contribution < -0.4 is 10.5 Å². The summed E-state index contributed by atoms with van der Waals surface area (Å²) in [5.74, 6) is 0.307. The van der Waals surface area contributed by atoms with E-state index in [9.17, 15) is 4.39 Å². The largest absolute Gasteiger partial charge is 0.487 e. The number of hydrogen-bond donors (Lipinski definition) is 1. The van der Waals surface area contributed by atoms with Gasteiger partial charge >= 0.3 is 0 Å². The van der Waals surface area contributed by atoms with E-state index in [1.54, 1.807) is 6.07 Å². The Kier molecular flexibility index (Phi) is 4.39. The van der Waals surface area contributed by atoms with Gasteiger partial charge in [-0.15, -0.1) is 0 Å². The van der Waals surface area contributed by atoms with Gasteiger partial charge in [-0.05, 0) is 45.0 Å². The second-order valence-corrected chi connectivity index (χ2v) is 4.85. The van der Waals surface area contributed by atoms with Gasteiger partial charge in [-0.2, -0.15) is 5.10 Å². The molecule has 1 atom stereocenters. The lowest BCUT2D eigenvalue weighted by Gasteiger charge is -2.14. The highest BCUT2D eigenvalue weighted by atomic mass is 19.1. The van der Waals surface area contributed by atoms with Crippen molar-refractivity contribution < 1.29 is 9.13 Å². The maximum absolute atomic E-state index is 13.3. The molecule has 4 nitrogen and oxygen atoms in total. The number of aryl methyl sites for hydroxylation is 2. The first-order valence-electron chi connectivity index (χ1n) is 6.72. The highest BCUT2D eigenvalue weighted by molar-refractivity contribution is 5.36. The lowest BCUT2D eigenvalue weighted by Crippen LogP contribution is -2.10. The molecule has 2 rings (SSSR count). The predicted octanol–water partition coefficient (Wildman–Crippen LogP) is 2.95. The summed E-state index contributed by atoms with van der Waals surface area (Å²) < 4.78 is 20.9. The number of rotatable bonds is 5. The fraction of sp³-hybridized carbons (Fsp3) is 0.400. The van der Waals surface area contributed by atoms with Gasteiger partial charge in [0.2, 0.25) is 0 Å². The van der Waals surface area contributed by atoms with Gasteiger partial charge in [-0.1, -0.05) is 0 Å². The van der Waals surface area contributed by atoms with Crippen LogP contribution in [0, 0.1) is 12.7 Å². The fourth-order valence-corrected chi connectivity index (χ4v) is 2.15. The molecular formula is C15H20FN3O. The first-order chi connectivity index (χ1) is 9.51. The molecule has 20 heavy (non-hydrogen) atoms. The van der Waals surface area contributed by atoms with Gasteiger partial charge in [0, 0.05) is 18.2 Å². The summed E-state index contributed by atoms with van der Waals surface area (Å²) in [7, 11) is 0. The van der Waals surface area contributed by atoms with E-state index in [-0.39, 0.29) is 11.9 Å². The summed E-state index contributed by atoms with van der Waals surface area (Å²) in [5.41, 5.74) is 8.47. The van der Waals surface area contributed by atoms with Crippen molar-refractivity contribution >= 4 is 0 Å². The van der Waals surface area contributed by atoms with E-state index in [0.29, 0.717) is 17.9 Å². The van der Waals surface area contributed by atoms with E-state index >= 15 is 0 Å². The third kappa shape index (κ3) is 3.17. The molecule has 1 heterocycles. The van der Waals surface area contributed by atoms with Crippen LogP contribution in [0.15, 0.2) is 24.3 Å². The van der Waals surface area contributed by atoms with Crippen molar-refractivity contribution in [2.45, 2.75) is 40.0 Å². The molecular weight excluding hydrogens is 257 g/mol. The maximum Gasteiger partial charge on any atom is 0.130 e. The molecule has 108 valence electrons. The van der Waals surface area contributed by atoms with Crippen LogP contribution in [0.2, 0.25) is 0 Å². The lowest BCUT2D eigenvalue weighted by atomic mass is 10.1. The molecule has 0 bridgehead atoms. The molecule has 0 radical (unpaired) electrons. The number of hydrogen-bond acceptors (Lipinski definition) is 3. The minimum atomic E-state index is -0.306. The minimum absolute atomic E-state index is 0.279. The Balaban J connectivity index is 2.18. The van der Waals surface area contributed by atoms with Crippen LogP contribution in [0.25, 0.3) is 0 Å². The second-order valence-electron chi connectivity index (χ2n) is 4.85. The summed E-state index contributed by atoms with van der Waals surface area (Å²) in [4.78, 5) is 0. The van der Waals surface area contributed by atoms with Gasteiger partial charge < -0.3 is 10.5 Å². The molecule has 0 fully saturated rings. The quantitative estimate of drug-likeness (QED) is 0.914. The van der Waals surface area contributed by atoms with E-state index in [1.807, 2.05) is 31.5 Å². The Bertz CT molecular complexity index is 593. The number of aromatic nitrogens is 2. The van der Waals surface area contributed by atoms with Crippen LogP contribution >= 0.6 is 0 Å². The van der Waals surface area contributed by atoms with Crippen LogP contribution in [-0.4, -0.2) is 9.78 Å². The van der Waals surface area contributed by atoms with Crippen LogP contribution in [0.4, 0.5) is 4.39 Å². The molecule has 0 aliphatic rings. The van der Waals surface area contributed by atoms with Crippen molar-refractivity contribution in [2.75, 3.05) is 0 Å². The molecule has 0 aliphatic heterocycles. The SMILES string of the molecule is CCn1nc(C)cc1COc1ccc(F)cc1[C@H](C)N. The van der Waals surface area contributed by atoms with Gasteiger partial charge in [-0.3, -0.25) is 4.68 Å². The molecule has 0 saturated heterocycles. The average Bonchev–Trinajstić information content (AvgIpc) is 2.77. The van der Waals surface area contributed by atoms with Crippen molar-refractivity contribution in [3.63, 3.8) is 0 Å². The van der Waals surface area contributed by atoms with Gasteiger partial charge in [0.05, 0.1) is 11.4 Å². The Morgan fingerprint density at radius 2 is 2.15 bits per heavy atom. The third-order valence-corrected chi connectivity index (χ3v) is 3.12. The molecule has 5 heteroatoms. The molecule has 0 saturated carbocycles. The van der Waals surface area contributed by atoms with Crippen molar-refractivity contribution in [1.82, 2.24) is 9.78 Å². The molecule has 1 aromatic heterocycles. The number of nitrogens with zero attached hydrogens (tertiary/aromatic N) is 2. The zero-order chi connectivity index (χ0) is 14.7. The van der Waals surface area contributed by atoms with Crippen molar-refractivity contribution in [2.24, 2.45) is 5.73 Å². The van der Waals surface area contributed by atoms with Crippen LogP contribution in [0.5, 0.6) is 5.75 Å². The van der Waals surface area contributed by atoms with Crippen LogP contribution in [-0.2, 0) is 13.2 Å². The summed E-state index contributed by atoms with van der Waals surface area (Å²) >= 11 is 0. The zero-order valence-corrected chi connectivity index (χ0v) is 12.1. The summed E-state index contributed by atoms with van der Waals surface area (Å²) in [5, 5.41) is 4.37. The predicted molar refractivity (Wildman–Crippen MR) is 76.0 cm³/mol. The maximum atomic E-state index is 13.3.